The zero-order chi connectivity index (χ0) is 14.5. The molecule has 20 heavy (non-hydrogen) atoms. The van der Waals surface area contributed by atoms with E-state index in [0.717, 1.165) is 24.7 Å². The molecule has 1 aromatic heterocycles. The normalized spacial score (nSPS) is 10.4. The number of hydrogen-bond acceptors (Lipinski definition) is 4. The number of nitrogens with zero attached hydrogens (tertiary/aromatic N) is 2. The van der Waals surface area contributed by atoms with Crippen LogP contribution in [0, 0.1) is 12.7 Å². The highest BCUT2D eigenvalue weighted by atomic mass is 35.5. The van der Waals surface area contributed by atoms with Gasteiger partial charge in [0.25, 0.3) is 0 Å². The first kappa shape index (κ1) is 14.5. The van der Waals surface area contributed by atoms with Crippen LogP contribution in [0.3, 0.4) is 0 Å². The maximum absolute atomic E-state index is 13.7. The number of rotatable bonds is 5. The molecule has 106 valence electrons. The highest BCUT2D eigenvalue weighted by Gasteiger charge is 2.09. The van der Waals surface area contributed by atoms with E-state index < -0.39 is 5.82 Å². The summed E-state index contributed by atoms with van der Waals surface area (Å²) in [6.45, 7) is 4.70. The molecule has 4 nitrogen and oxygen atoms in total. The van der Waals surface area contributed by atoms with Crippen LogP contribution in [0.5, 0.6) is 0 Å². The van der Waals surface area contributed by atoms with Crippen molar-refractivity contribution >= 4 is 29.1 Å². The van der Waals surface area contributed by atoms with Gasteiger partial charge in [0, 0.05) is 6.54 Å². The summed E-state index contributed by atoms with van der Waals surface area (Å²) < 4.78 is 13.7. The molecule has 0 fully saturated rings. The smallest absolute Gasteiger partial charge is 0.224 e. The molecule has 0 spiro atoms. The van der Waals surface area contributed by atoms with Crippen LogP contribution in [0.2, 0.25) is 5.02 Å². The van der Waals surface area contributed by atoms with Crippen LogP contribution in [-0.2, 0) is 0 Å². The minimum Gasteiger partial charge on any atom is -0.354 e. The predicted molar refractivity (Wildman–Crippen MR) is 80.2 cm³/mol. The van der Waals surface area contributed by atoms with Crippen molar-refractivity contribution in [3.63, 3.8) is 0 Å². The number of anilines is 3. The van der Waals surface area contributed by atoms with Gasteiger partial charge in [0.2, 0.25) is 5.95 Å². The largest absolute Gasteiger partial charge is 0.354 e. The van der Waals surface area contributed by atoms with E-state index in [-0.39, 0.29) is 5.82 Å². The van der Waals surface area contributed by atoms with Gasteiger partial charge in [-0.3, -0.25) is 0 Å². The Morgan fingerprint density at radius 1 is 1.35 bits per heavy atom. The molecule has 0 saturated carbocycles. The van der Waals surface area contributed by atoms with Crippen LogP contribution in [0.25, 0.3) is 0 Å². The van der Waals surface area contributed by atoms with Crippen molar-refractivity contribution in [2.24, 2.45) is 0 Å². The lowest BCUT2D eigenvalue weighted by Gasteiger charge is -2.10. The molecule has 1 heterocycles. The molecule has 0 unspecified atom stereocenters. The zero-order valence-corrected chi connectivity index (χ0v) is 12.1. The Balaban J connectivity index is 2.23. The molecule has 0 radical (unpaired) electrons. The van der Waals surface area contributed by atoms with Crippen molar-refractivity contribution in [3.05, 3.63) is 40.8 Å². The average molecular weight is 295 g/mol. The summed E-state index contributed by atoms with van der Waals surface area (Å²) in [6, 6.07) is 5.49. The monoisotopic (exact) mass is 294 g/mol. The highest BCUT2D eigenvalue weighted by molar-refractivity contribution is 6.33. The molecule has 2 rings (SSSR count). The summed E-state index contributed by atoms with van der Waals surface area (Å²) >= 11 is 6.11. The Hall–Kier alpha value is -1.88. The zero-order valence-electron chi connectivity index (χ0n) is 11.4. The first-order valence-electron chi connectivity index (χ1n) is 6.39. The van der Waals surface area contributed by atoms with E-state index in [1.165, 1.54) is 0 Å². The predicted octanol–water partition coefficient (Wildman–Crippen LogP) is 4.14. The molecular formula is C14H16ClFN4. The Morgan fingerprint density at radius 2 is 2.15 bits per heavy atom. The second-order valence-electron chi connectivity index (χ2n) is 4.43. The van der Waals surface area contributed by atoms with Gasteiger partial charge in [-0.2, -0.15) is 4.98 Å². The van der Waals surface area contributed by atoms with Crippen LogP contribution in [0.4, 0.5) is 21.8 Å². The average Bonchev–Trinajstić information content (AvgIpc) is 2.42. The summed E-state index contributed by atoms with van der Waals surface area (Å²) in [6.07, 6.45) is 2.07. The molecule has 0 aliphatic carbocycles. The van der Waals surface area contributed by atoms with E-state index in [1.807, 2.05) is 19.9 Å². The first-order valence-corrected chi connectivity index (χ1v) is 6.77. The summed E-state index contributed by atoms with van der Waals surface area (Å²) in [5.41, 5.74) is 1.64. The van der Waals surface area contributed by atoms with Gasteiger partial charge in [0.1, 0.15) is 0 Å². The maximum atomic E-state index is 13.7. The Bertz CT molecular complexity index is 604. The second-order valence-corrected chi connectivity index (χ2v) is 4.83. The number of aryl methyl sites for hydroxylation is 1. The molecule has 0 amide bonds. The second kappa shape index (κ2) is 6.52. The molecule has 0 atom stereocenters. The van der Waals surface area contributed by atoms with Crippen molar-refractivity contribution in [2.75, 3.05) is 17.2 Å². The minimum absolute atomic E-state index is 0.101. The van der Waals surface area contributed by atoms with Crippen molar-refractivity contribution < 1.29 is 4.39 Å². The van der Waals surface area contributed by atoms with Gasteiger partial charge in [0.05, 0.1) is 16.9 Å². The van der Waals surface area contributed by atoms with Gasteiger partial charge >= 0.3 is 0 Å². The fourth-order valence-corrected chi connectivity index (χ4v) is 1.91. The number of halogens is 2. The quantitative estimate of drug-likeness (QED) is 0.870. The minimum atomic E-state index is -0.524. The molecule has 2 N–H and O–H groups in total. The first-order chi connectivity index (χ1) is 9.60. The molecule has 0 saturated heterocycles. The number of hydrogen-bond donors (Lipinski definition) is 2. The summed E-state index contributed by atoms with van der Waals surface area (Å²) in [7, 11) is 0. The van der Waals surface area contributed by atoms with E-state index in [1.54, 1.807) is 12.1 Å². The number of nitrogens with one attached hydrogen (secondary N) is 2. The fraction of sp³-hybridized carbons (Fsp3) is 0.286. The van der Waals surface area contributed by atoms with E-state index in [0.29, 0.717) is 16.7 Å². The Labute approximate surface area is 122 Å². The number of benzene rings is 1. The van der Waals surface area contributed by atoms with Crippen molar-refractivity contribution in [2.45, 2.75) is 20.3 Å². The van der Waals surface area contributed by atoms with Gasteiger partial charge < -0.3 is 10.6 Å². The fourth-order valence-electron chi connectivity index (χ4n) is 1.63. The molecule has 2 aromatic rings. The Kier molecular flexibility index (Phi) is 4.74. The van der Waals surface area contributed by atoms with Gasteiger partial charge in [-0.25, -0.2) is 9.37 Å². The van der Waals surface area contributed by atoms with E-state index in [9.17, 15) is 4.39 Å². The third-order valence-electron chi connectivity index (χ3n) is 2.65. The van der Waals surface area contributed by atoms with Crippen LogP contribution in [-0.4, -0.2) is 16.5 Å². The van der Waals surface area contributed by atoms with Crippen LogP contribution >= 0.6 is 11.6 Å². The molecular weight excluding hydrogens is 279 g/mol. The molecule has 1 aromatic carbocycles. The molecule has 0 bridgehead atoms. The highest BCUT2D eigenvalue weighted by Crippen LogP contribution is 2.26. The lowest BCUT2D eigenvalue weighted by molar-refractivity contribution is 0.619. The lowest BCUT2D eigenvalue weighted by atomic mass is 10.2. The summed E-state index contributed by atoms with van der Waals surface area (Å²) in [5, 5.41) is 6.42. The number of aromatic nitrogens is 2. The molecule has 0 aliphatic heterocycles. The van der Waals surface area contributed by atoms with E-state index in [4.69, 9.17) is 11.6 Å². The van der Waals surface area contributed by atoms with Crippen molar-refractivity contribution in [1.82, 2.24) is 9.97 Å². The summed E-state index contributed by atoms with van der Waals surface area (Å²) in [5.74, 6) is -0.0352. The van der Waals surface area contributed by atoms with E-state index in [2.05, 4.69) is 20.6 Å². The van der Waals surface area contributed by atoms with Crippen LogP contribution < -0.4 is 10.6 Å². The van der Waals surface area contributed by atoms with Crippen molar-refractivity contribution in [1.29, 1.82) is 0 Å². The molecule has 6 heteroatoms. The van der Waals surface area contributed by atoms with Gasteiger partial charge in [-0.05, 0) is 31.0 Å². The van der Waals surface area contributed by atoms with Gasteiger partial charge in [-0.1, -0.05) is 24.6 Å². The standard InChI is InChI=1S/C14H16ClFN4/c1-3-6-17-14-18-8-11(16)13(20-14)19-12-5-4-9(2)7-10(12)15/h4-5,7-8H,3,6H2,1-2H3,(H2,17,18,19,20). The summed E-state index contributed by atoms with van der Waals surface area (Å²) in [4.78, 5) is 7.99. The van der Waals surface area contributed by atoms with Crippen LogP contribution in [0.1, 0.15) is 18.9 Å². The molecule has 0 aliphatic rings. The lowest BCUT2D eigenvalue weighted by Crippen LogP contribution is -2.07. The SMILES string of the molecule is CCCNc1ncc(F)c(Nc2ccc(C)cc2Cl)n1. The third-order valence-corrected chi connectivity index (χ3v) is 2.97. The van der Waals surface area contributed by atoms with Gasteiger partial charge in [0.15, 0.2) is 11.6 Å². The third kappa shape index (κ3) is 3.57. The van der Waals surface area contributed by atoms with Gasteiger partial charge in [-0.15, -0.1) is 0 Å². The topological polar surface area (TPSA) is 49.8 Å². The van der Waals surface area contributed by atoms with Crippen LogP contribution in [0.15, 0.2) is 24.4 Å². The Morgan fingerprint density at radius 3 is 2.85 bits per heavy atom. The van der Waals surface area contributed by atoms with E-state index >= 15 is 0 Å². The van der Waals surface area contributed by atoms with Crippen molar-refractivity contribution in [3.8, 4) is 0 Å². The maximum Gasteiger partial charge on any atom is 0.224 e.